The van der Waals surface area contributed by atoms with E-state index >= 15 is 0 Å². The summed E-state index contributed by atoms with van der Waals surface area (Å²) in [7, 11) is 0. The summed E-state index contributed by atoms with van der Waals surface area (Å²) in [5, 5.41) is 21.4. The Morgan fingerprint density at radius 2 is 2.00 bits per heavy atom. The Bertz CT molecular complexity index is 1410. The lowest BCUT2D eigenvalue weighted by Gasteiger charge is -2.25. The predicted molar refractivity (Wildman–Crippen MR) is 124 cm³/mol. The van der Waals surface area contributed by atoms with Crippen LogP contribution in [0, 0.1) is 11.3 Å². The highest BCUT2D eigenvalue weighted by molar-refractivity contribution is 5.72. The summed E-state index contributed by atoms with van der Waals surface area (Å²) in [4.78, 5) is 7.34. The number of aromatic nitrogens is 5. The van der Waals surface area contributed by atoms with Crippen molar-refractivity contribution in [3.8, 4) is 34.4 Å². The average molecular weight is 435 g/mol. The molecular weight excluding hydrogens is 412 g/mol. The molecule has 6 heterocycles. The molecule has 0 radical (unpaired) electrons. The molecule has 0 saturated carbocycles. The standard InChI is InChI=1S/C25H22N8/c26-11-16-1-3-17(4-2-16)18-9-22-25-30-29-15-33(25)23-12-28-24(10-19(23)14-31(22)13-18)32-8-6-20-21(32)5-7-27-20/h1-4,9-10,12-13,15,20-21,27H,5-8,14H2/t20-,21+/m0/s1. The second-order valence-electron chi connectivity index (χ2n) is 9.03. The zero-order valence-corrected chi connectivity index (χ0v) is 18.0. The lowest BCUT2D eigenvalue weighted by Crippen LogP contribution is -2.34. The summed E-state index contributed by atoms with van der Waals surface area (Å²) in [6, 6.07) is 15.4. The van der Waals surface area contributed by atoms with Gasteiger partial charge in [0.1, 0.15) is 12.1 Å². The molecule has 0 amide bonds. The van der Waals surface area contributed by atoms with E-state index in [-0.39, 0.29) is 0 Å². The Balaban J connectivity index is 1.31. The Hall–Kier alpha value is -3.96. The number of nitrogens with one attached hydrogen (secondary N) is 1. The molecule has 0 bridgehead atoms. The third-order valence-electron chi connectivity index (χ3n) is 7.26. The second kappa shape index (κ2) is 7.02. The highest BCUT2D eigenvalue weighted by Gasteiger charge is 2.38. The minimum Gasteiger partial charge on any atom is -0.352 e. The molecule has 7 rings (SSSR count). The second-order valence-corrected chi connectivity index (χ2v) is 9.03. The van der Waals surface area contributed by atoms with Crippen LogP contribution in [0.15, 0.2) is 55.1 Å². The van der Waals surface area contributed by atoms with Crippen molar-refractivity contribution in [1.82, 2.24) is 29.6 Å². The number of fused-ring (bicyclic) bond motifs is 6. The summed E-state index contributed by atoms with van der Waals surface area (Å²) in [5.74, 6) is 1.87. The summed E-state index contributed by atoms with van der Waals surface area (Å²) in [6.45, 7) is 2.87. The highest BCUT2D eigenvalue weighted by atomic mass is 15.3. The third kappa shape index (κ3) is 2.82. The largest absolute Gasteiger partial charge is 0.352 e. The Labute approximate surface area is 191 Å². The van der Waals surface area contributed by atoms with E-state index < -0.39 is 0 Å². The van der Waals surface area contributed by atoms with Crippen LogP contribution in [-0.2, 0) is 6.54 Å². The van der Waals surface area contributed by atoms with Crippen LogP contribution in [0.2, 0.25) is 0 Å². The van der Waals surface area contributed by atoms with E-state index in [1.165, 1.54) is 18.4 Å². The maximum atomic E-state index is 9.11. The van der Waals surface area contributed by atoms with Gasteiger partial charge >= 0.3 is 0 Å². The van der Waals surface area contributed by atoms with Crippen molar-refractivity contribution in [2.75, 3.05) is 18.0 Å². The molecule has 0 spiro atoms. The first kappa shape index (κ1) is 18.6. The van der Waals surface area contributed by atoms with Gasteiger partial charge in [0.25, 0.3) is 0 Å². The number of hydrogen-bond donors (Lipinski definition) is 1. The smallest absolute Gasteiger partial charge is 0.185 e. The number of pyridine rings is 1. The summed E-state index contributed by atoms with van der Waals surface area (Å²) in [6.07, 6.45) is 8.26. The van der Waals surface area contributed by atoms with Crippen molar-refractivity contribution >= 4 is 5.82 Å². The summed E-state index contributed by atoms with van der Waals surface area (Å²) >= 11 is 0. The quantitative estimate of drug-likeness (QED) is 0.460. The van der Waals surface area contributed by atoms with Crippen molar-refractivity contribution in [2.24, 2.45) is 0 Å². The molecule has 3 aliphatic heterocycles. The first-order valence-corrected chi connectivity index (χ1v) is 11.4. The average Bonchev–Trinajstić information content (AvgIpc) is 3.62. The van der Waals surface area contributed by atoms with E-state index in [9.17, 15) is 0 Å². The number of anilines is 1. The molecule has 162 valence electrons. The molecule has 2 saturated heterocycles. The van der Waals surface area contributed by atoms with E-state index in [0.29, 0.717) is 17.6 Å². The zero-order chi connectivity index (χ0) is 21.9. The number of nitrogens with zero attached hydrogens (tertiary/aromatic N) is 7. The fraction of sp³-hybridized carbons (Fsp3) is 0.280. The van der Waals surface area contributed by atoms with Crippen LogP contribution < -0.4 is 10.2 Å². The lowest BCUT2D eigenvalue weighted by atomic mass is 10.1. The van der Waals surface area contributed by atoms with Gasteiger partial charge in [0.2, 0.25) is 0 Å². The van der Waals surface area contributed by atoms with Gasteiger partial charge in [-0.05, 0) is 49.2 Å². The van der Waals surface area contributed by atoms with E-state index in [4.69, 9.17) is 10.2 Å². The van der Waals surface area contributed by atoms with Crippen molar-refractivity contribution in [1.29, 1.82) is 5.26 Å². The summed E-state index contributed by atoms with van der Waals surface area (Å²) in [5.41, 5.74) is 6.09. The van der Waals surface area contributed by atoms with Crippen molar-refractivity contribution in [3.05, 3.63) is 66.2 Å². The number of nitriles is 1. The molecule has 3 aromatic heterocycles. The van der Waals surface area contributed by atoms with Gasteiger partial charge in [0.05, 0.1) is 29.2 Å². The molecule has 33 heavy (non-hydrogen) atoms. The van der Waals surface area contributed by atoms with Crippen LogP contribution in [0.5, 0.6) is 0 Å². The zero-order valence-electron chi connectivity index (χ0n) is 18.0. The van der Waals surface area contributed by atoms with E-state index in [1.54, 1.807) is 6.33 Å². The van der Waals surface area contributed by atoms with Crippen LogP contribution in [0.3, 0.4) is 0 Å². The van der Waals surface area contributed by atoms with E-state index in [0.717, 1.165) is 53.8 Å². The van der Waals surface area contributed by atoms with Gasteiger partial charge in [-0.1, -0.05) is 12.1 Å². The molecule has 8 nitrogen and oxygen atoms in total. The Morgan fingerprint density at radius 1 is 1.09 bits per heavy atom. The van der Waals surface area contributed by atoms with Gasteiger partial charge in [-0.25, -0.2) is 4.98 Å². The molecular formula is C25H22N8. The van der Waals surface area contributed by atoms with Crippen LogP contribution in [0.1, 0.15) is 24.0 Å². The number of rotatable bonds is 2. The molecule has 3 aliphatic rings. The van der Waals surface area contributed by atoms with Crippen LogP contribution in [-0.4, -0.2) is 49.5 Å². The Kier molecular flexibility index (Phi) is 3.96. The molecule has 0 unspecified atom stereocenters. The minimum absolute atomic E-state index is 0.539. The SMILES string of the molecule is N#Cc1ccc(-c2cc3n(c2)Cc2cc(N4CC[C@@H]5NCC[C@H]54)ncc2-n2cnnc2-3)cc1. The molecule has 8 heteroatoms. The van der Waals surface area contributed by atoms with Gasteiger partial charge in [-0.2, -0.15) is 5.26 Å². The molecule has 4 aromatic rings. The van der Waals surface area contributed by atoms with Crippen LogP contribution >= 0.6 is 0 Å². The van der Waals surface area contributed by atoms with E-state index in [1.807, 2.05) is 35.0 Å². The molecule has 0 aliphatic carbocycles. The predicted octanol–water partition coefficient (Wildman–Crippen LogP) is 2.97. The molecule has 1 N–H and O–H groups in total. The first-order valence-electron chi connectivity index (χ1n) is 11.4. The number of benzene rings is 1. The van der Waals surface area contributed by atoms with Gasteiger partial charge in [-0.3, -0.25) is 4.57 Å². The maximum Gasteiger partial charge on any atom is 0.185 e. The monoisotopic (exact) mass is 434 g/mol. The topological polar surface area (TPSA) is 87.6 Å². The van der Waals surface area contributed by atoms with E-state index in [2.05, 4.69) is 49.4 Å². The van der Waals surface area contributed by atoms with Gasteiger partial charge in [0, 0.05) is 42.5 Å². The van der Waals surface area contributed by atoms with Crippen molar-refractivity contribution in [3.63, 3.8) is 0 Å². The van der Waals surface area contributed by atoms with Gasteiger partial charge in [0.15, 0.2) is 5.82 Å². The van der Waals surface area contributed by atoms with Crippen LogP contribution in [0.25, 0.3) is 28.3 Å². The third-order valence-corrected chi connectivity index (χ3v) is 7.26. The Morgan fingerprint density at radius 3 is 2.88 bits per heavy atom. The fourth-order valence-corrected chi connectivity index (χ4v) is 5.62. The molecule has 2 fully saturated rings. The molecule has 2 atom stereocenters. The lowest BCUT2D eigenvalue weighted by molar-refractivity contribution is 0.599. The van der Waals surface area contributed by atoms with Crippen molar-refractivity contribution in [2.45, 2.75) is 31.5 Å². The minimum atomic E-state index is 0.539. The maximum absolute atomic E-state index is 9.11. The number of hydrogen-bond acceptors (Lipinski definition) is 6. The van der Waals surface area contributed by atoms with Gasteiger partial charge in [-0.15, -0.1) is 10.2 Å². The van der Waals surface area contributed by atoms with Crippen molar-refractivity contribution < 1.29 is 0 Å². The molecule has 1 aromatic carbocycles. The summed E-state index contributed by atoms with van der Waals surface area (Å²) < 4.78 is 4.28. The fourth-order valence-electron chi connectivity index (χ4n) is 5.62. The highest BCUT2D eigenvalue weighted by Crippen LogP contribution is 2.36. The van der Waals surface area contributed by atoms with Crippen LogP contribution in [0.4, 0.5) is 5.82 Å². The first-order chi connectivity index (χ1) is 16.3. The van der Waals surface area contributed by atoms with Gasteiger partial charge < -0.3 is 14.8 Å². The normalized spacial score (nSPS) is 20.5.